The summed E-state index contributed by atoms with van der Waals surface area (Å²) in [4.78, 5) is 12.7. The molecule has 0 saturated heterocycles. The van der Waals surface area contributed by atoms with Crippen molar-refractivity contribution in [1.82, 2.24) is 9.62 Å². The fourth-order valence-electron chi connectivity index (χ4n) is 3.08. The van der Waals surface area contributed by atoms with Gasteiger partial charge in [0, 0.05) is 30.2 Å². The van der Waals surface area contributed by atoms with E-state index in [1.54, 1.807) is 12.1 Å². The molecule has 1 saturated carbocycles. The Balaban J connectivity index is 2.25. The number of amides is 1. The van der Waals surface area contributed by atoms with Gasteiger partial charge < -0.3 is 5.32 Å². The quantitative estimate of drug-likeness (QED) is 0.818. The maximum atomic E-state index is 12.6. The van der Waals surface area contributed by atoms with Crippen LogP contribution in [0.2, 0.25) is 0 Å². The Morgan fingerprint density at radius 3 is 2.54 bits per heavy atom. The smallest absolute Gasteiger partial charge is 0.251 e. The van der Waals surface area contributed by atoms with Gasteiger partial charge in [0.25, 0.3) is 5.91 Å². The minimum atomic E-state index is -3.61. The zero-order valence-electron chi connectivity index (χ0n) is 14.5. The van der Waals surface area contributed by atoms with Gasteiger partial charge in [-0.2, -0.15) is 0 Å². The van der Waals surface area contributed by atoms with E-state index >= 15 is 0 Å². The predicted octanol–water partition coefficient (Wildman–Crippen LogP) is 3.25. The van der Waals surface area contributed by atoms with Gasteiger partial charge >= 0.3 is 0 Å². The number of halogens is 1. The third kappa shape index (κ3) is 4.00. The van der Waals surface area contributed by atoms with E-state index in [4.69, 9.17) is 0 Å². The van der Waals surface area contributed by atoms with Gasteiger partial charge in [0.1, 0.15) is 0 Å². The first-order valence-corrected chi connectivity index (χ1v) is 10.4. The molecule has 1 aliphatic carbocycles. The fraction of sp³-hybridized carbons (Fsp3) is 0.588. The first-order chi connectivity index (χ1) is 11.1. The highest BCUT2D eigenvalue weighted by Gasteiger charge is 2.29. The van der Waals surface area contributed by atoms with E-state index in [2.05, 4.69) is 35.1 Å². The number of rotatable bonds is 4. The molecule has 1 fully saturated rings. The van der Waals surface area contributed by atoms with Gasteiger partial charge in [-0.05, 0) is 52.4 Å². The topological polar surface area (TPSA) is 66.5 Å². The molecule has 1 aromatic rings. The highest BCUT2D eigenvalue weighted by atomic mass is 79.9. The monoisotopic (exact) mass is 416 g/mol. The van der Waals surface area contributed by atoms with Crippen LogP contribution in [0, 0.1) is 11.8 Å². The Kier molecular flexibility index (Phi) is 6.09. The minimum absolute atomic E-state index is 0.102. The van der Waals surface area contributed by atoms with E-state index in [1.165, 1.54) is 26.6 Å². The maximum absolute atomic E-state index is 12.6. The lowest BCUT2D eigenvalue weighted by atomic mass is 9.78. The molecule has 1 aromatic carbocycles. The van der Waals surface area contributed by atoms with Crippen molar-refractivity contribution in [3.63, 3.8) is 0 Å². The summed E-state index contributed by atoms with van der Waals surface area (Å²) in [6.45, 7) is 4.38. The first kappa shape index (κ1) is 19.4. The standard InChI is InChI=1S/C17H25BrN2O3S/c1-11-6-5-7-15(12(11)2)19-17(21)13-8-9-14(18)16(10-13)24(22,23)20(3)4/h8-12,15H,5-7H2,1-4H3,(H,19,21). The second-order valence-corrected chi connectivity index (χ2v) is 9.75. The number of carbonyl (C=O) groups is 1. The molecule has 0 aromatic heterocycles. The molecular weight excluding hydrogens is 392 g/mol. The van der Waals surface area contributed by atoms with Gasteiger partial charge in [-0.15, -0.1) is 0 Å². The first-order valence-electron chi connectivity index (χ1n) is 8.17. The molecule has 5 nitrogen and oxygen atoms in total. The summed E-state index contributed by atoms with van der Waals surface area (Å²) in [5.74, 6) is 0.783. The molecule has 3 atom stereocenters. The van der Waals surface area contributed by atoms with Crippen molar-refractivity contribution in [2.75, 3.05) is 14.1 Å². The van der Waals surface area contributed by atoms with Crippen molar-refractivity contribution < 1.29 is 13.2 Å². The molecule has 134 valence electrons. The van der Waals surface area contributed by atoms with Gasteiger partial charge in [-0.1, -0.05) is 26.7 Å². The van der Waals surface area contributed by atoms with E-state index in [-0.39, 0.29) is 16.8 Å². The lowest BCUT2D eigenvalue weighted by molar-refractivity contribution is 0.0891. The zero-order valence-corrected chi connectivity index (χ0v) is 16.9. The third-order valence-corrected chi connectivity index (χ3v) is 7.78. The molecule has 7 heteroatoms. The van der Waals surface area contributed by atoms with Crippen molar-refractivity contribution in [1.29, 1.82) is 0 Å². The van der Waals surface area contributed by atoms with Gasteiger partial charge in [0.05, 0.1) is 4.90 Å². The summed E-state index contributed by atoms with van der Waals surface area (Å²) in [7, 11) is -0.666. The highest BCUT2D eigenvalue weighted by molar-refractivity contribution is 9.10. The van der Waals surface area contributed by atoms with E-state index in [0.29, 0.717) is 21.9 Å². The second-order valence-electron chi connectivity index (χ2n) is 6.78. The number of carbonyl (C=O) groups excluding carboxylic acids is 1. The van der Waals surface area contributed by atoms with Crippen LogP contribution >= 0.6 is 15.9 Å². The van der Waals surface area contributed by atoms with Crippen LogP contribution < -0.4 is 5.32 Å². The SMILES string of the molecule is CC1CCCC(NC(=O)c2ccc(Br)c(S(=O)(=O)N(C)C)c2)C1C. The molecule has 1 aliphatic rings. The lowest BCUT2D eigenvalue weighted by Crippen LogP contribution is -2.43. The molecule has 1 amide bonds. The molecule has 3 unspecified atom stereocenters. The van der Waals surface area contributed by atoms with Crippen LogP contribution in [0.4, 0.5) is 0 Å². The minimum Gasteiger partial charge on any atom is -0.349 e. The maximum Gasteiger partial charge on any atom is 0.251 e. The van der Waals surface area contributed by atoms with Gasteiger partial charge in [-0.3, -0.25) is 4.79 Å². The number of nitrogens with zero attached hydrogens (tertiary/aromatic N) is 1. The molecule has 24 heavy (non-hydrogen) atoms. The molecule has 0 bridgehead atoms. The van der Waals surface area contributed by atoms with E-state index in [1.807, 2.05) is 0 Å². The van der Waals surface area contributed by atoms with Gasteiger partial charge in [0.2, 0.25) is 10.0 Å². The summed E-state index contributed by atoms with van der Waals surface area (Å²) >= 11 is 3.26. The molecule has 2 rings (SSSR count). The Morgan fingerprint density at radius 2 is 1.92 bits per heavy atom. The van der Waals surface area contributed by atoms with Gasteiger partial charge in [0.15, 0.2) is 0 Å². The van der Waals surface area contributed by atoms with E-state index in [9.17, 15) is 13.2 Å². The summed E-state index contributed by atoms with van der Waals surface area (Å²) in [5, 5.41) is 3.08. The van der Waals surface area contributed by atoms with Crippen LogP contribution in [-0.2, 0) is 10.0 Å². The number of nitrogens with one attached hydrogen (secondary N) is 1. The van der Waals surface area contributed by atoms with Crippen LogP contribution in [0.25, 0.3) is 0 Å². The van der Waals surface area contributed by atoms with Crippen LogP contribution in [0.1, 0.15) is 43.5 Å². The average molecular weight is 417 g/mol. The number of sulfonamides is 1. The van der Waals surface area contributed by atoms with Crippen molar-refractivity contribution in [3.8, 4) is 0 Å². The molecule has 0 spiro atoms. The van der Waals surface area contributed by atoms with Crippen molar-refractivity contribution in [2.45, 2.75) is 44.0 Å². The molecule has 0 heterocycles. The Labute approximate surface area is 153 Å². The Bertz CT molecular complexity index is 719. The molecule has 0 radical (unpaired) electrons. The normalized spacial score (nSPS) is 24.8. The largest absolute Gasteiger partial charge is 0.349 e. The number of hydrogen-bond donors (Lipinski definition) is 1. The van der Waals surface area contributed by atoms with Gasteiger partial charge in [-0.25, -0.2) is 12.7 Å². The predicted molar refractivity (Wildman–Crippen MR) is 98.4 cm³/mol. The molecule has 0 aliphatic heterocycles. The Morgan fingerprint density at radius 1 is 1.25 bits per heavy atom. The van der Waals surface area contributed by atoms with E-state index in [0.717, 1.165) is 17.1 Å². The van der Waals surface area contributed by atoms with E-state index < -0.39 is 10.0 Å². The van der Waals surface area contributed by atoms with Crippen LogP contribution in [-0.4, -0.2) is 38.8 Å². The highest BCUT2D eigenvalue weighted by Crippen LogP contribution is 2.30. The zero-order chi connectivity index (χ0) is 18.1. The lowest BCUT2D eigenvalue weighted by Gasteiger charge is -2.34. The molecule has 1 N–H and O–H groups in total. The summed E-state index contributed by atoms with van der Waals surface area (Å²) in [5.41, 5.74) is 0.365. The van der Waals surface area contributed by atoms with Crippen LogP contribution in [0.15, 0.2) is 27.6 Å². The summed E-state index contributed by atoms with van der Waals surface area (Å²) in [6.07, 6.45) is 3.27. The van der Waals surface area contributed by atoms with Crippen LogP contribution in [0.5, 0.6) is 0 Å². The van der Waals surface area contributed by atoms with Crippen molar-refractivity contribution in [3.05, 3.63) is 28.2 Å². The average Bonchev–Trinajstić information content (AvgIpc) is 2.51. The third-order valence-electron chi connectivity index (χ3n) is 4.98. The van der Waals surface area contributed by atoms with Crippen molar-refractivity contribution >= 4 is 31.9 Å². The van der Waals surface area contributed by atoms with Crippen LogP contribution in [0.3, 0.4) is 0 Å². The number of hydrogen-bond acceptors (Lipinski definition) is 3. The second kappa shape index (κ2) is 7.54. The Hall–Kier alpha value is -0.920. The summed E-state index contributed by atoms with van der Waals surface area (Å²) < 4.78 is 26.3. The fourth-order valence-corrected chi connectivity index (χ4v) is 4.92. The van der Waals surface area contributed by atoms with Crippen molar-refractivity contribution in [2.24, 2.45) is 11.8 Å². The summed E-state index contributed by atoms with van der Waals surface area (Å²) in [6, 6.07) is 4.83. The number of benzene rings is 1. The molecular formula is C17H25BrN2O3S.